The zero-order valence-corrected chi connectivity index (χ0v) is 16.0. The molecule has 136 valence electrons. The predicted octanol–water partition coefficient (Wildman–Crippen LogP) is 2.08. The molecule has 1 unspecified atom stereocenters. The Morgan fingerprint density at radius 1 is 1.38 bits per heavy atom. The average Bonchev–Trinajstić information content (AvgIpc) is 3.07. The van der Waals surface area contributed by atoms with Gasteiger partial charge in [0, 0.05) is 25.7 Å². The third-order valence-corrected chi connectivity index (χ3v) is 6.83. The SMILES string of the molecule is CC(C)COC(C)C(=O)N1CCC(NS(=O)(=O)c2cccs2)CC1. The van der Waals surface area contributed by atoms with E-state index in [2.05, 4.69) is 4.72 Å². The zero-order chi connectivity index (χ0) is 17.7. The van der Waals surface area contributed by atoms with Crippen molar-refractivity contribution in [2.75, 3.05) is 19.7 Å². The van der Waals surface area contributed by atoms with Crippen LogP contribution in [-0.2, 0) is 19.6 Å². The molecule has 1 atom stereocenters. The zero-order valence-electron chi connectivity index (χ0n) is 14.4. The van der Waals surface area contributed by atoms with E-state index in [0.29, 0.717) is 42.7 Å². The van der Waals surface area contributed by atoms with E-state index < -0.39 is 16.1 Å². The number of likely N-dealkylation sites (tertiary alicyclic amines) is 1. The van der Waals surface area contributed by atoms with Gasteiger partial charge >= 0.3 is 0 Å². The maximum Gasteiger partial charge on any atom is 0.251 e. The second-order valence-electron chi connectivity index (χ2n) is 6.52. The lowest BCUT2D eigenvalue weighted by molar-refractivity contribution is -0.144. The second kappa shape index (κ2) is 8.42. The number of hydrogen-bond acceptors (Lipinski definition) is 5. The molecule has 1 fully saturated rings. The summed E-state index contributed by atoms with van der Waals surface area (Å²) < 4.78 is 33.1. The Bertz CT molecular complexity index is 621. The van der Waals surface area contributed by atoms with Crippen molar-refractivity contribution < 1.29 is 17.9 Å². The number of carbonyl (C=O) groups excluding carboxylic acids is 1. The molecule has 0 aromatic carbocycles. The van der Waals surface area contributed by atoms with Crippen molar-refractivity contribution in [2.45, 2.75) is 50.0 Å². The molecule has 24 heavy (non-hydrogen) atoms. The topological polar surface area (TPSA) is 75.7 Å². The van der Waals surface area contributed by atoms with Crippen LogP contribution < -0.4 is 4.72 Å². The Labute approximate surface area is 148 Å². The van der Waals surface area contributed by atoms with E-state index in [-0.39, 0.29) is 11.9 Å². The molecule has 1 N–H and O–H groups in total. The quantitative estimate of drug-likeness (QED) is 0.793. The highest BCUT2D eigenvalue weighted by atomic mass is 32.2. The van der Waals surface area contributed by atoms with Crippen molar-refractivity contribution in [3.63, 3.8) is 0 Å². The number of sulfonamides is 1. The summed E-state index contributed by atoms with van der Waals surface area (Å²) in [7, 11) is -3.45. The fourth-order valence-corrected chi connectivity index (χ4v) is 4.89. The molecule has 0 saturated carbocycles. The Kier molecular flexibility index (Phi) is 6.79. The summed E-state index contributed by atoms with van der Waals surface area (Å²) >= 11 is 1.20. The van der Waals surface area contributed by atoms with Gasteiger partial charge in [-0.15, -0.1) is 11.3 Å². The maximum atomic E-state index is 12.4. The average molecular weight is 375 g/mol. The Morgan fingerprint density at radius 2 is 2.04 bits per heavy atom. The van der Waals surface area contributed by atoms with Gasteiger partial charge in [-0.1, -0.05) is 19.9 Å². The molecule has 0 radical (unpaired) electrons. The summed E-state index contributed by atoms with van der Waals surface area (Å²) in [5.41, 5.74) is 0. The molecule has 1 aliphatic rings. The van der Waals surface area contributed by atoms with E-state index in [9.17, 15) is 13.2 Å². The van der Waals surface area contributed by atoms with Gasteiger partial charge in [0.2, 0.25) is 10.0 Å². The first-order valence-electron chi connectivity index (χ1n) is 8.26. The van der Waals surface area contributed by atoms with Crippen molar-refractivity contribution in [3.05, 3.63) is 17.5 Å². The minimum absolute atomic E-state index is 0.0183. The summed E-state index contributed by atoms with van der Waals surface area (Å²) in [6.45, 7) is 7.52. The van der Waals surface area contributed by atoms with Gasteiger partial charge in [0.05, 0.1) is 0 Å². The van der Waals surface area contributed by atoms with Crippen LogP contribution in [0.4, 0.5) is 0 Å². The van der Waals surface area contributed by atoms with Crippen molar-refractivity contribution >= 4 is 27.3 Å². The summed E-state index contributed by atoms with van der Waals surface area (Å²) in [5.74, 6) is 0.368. The third kappa shape index (κ3) is 5.27. The molecular formula is C16H26N2O4S2. The molecule has 0 aliphatic carbocycles. The van der Waals surface area contributed by atoms with Crippen LogP contribution >= 0.6 is 11.3 Å². The summed E-state index contributed by atoms with van der Waals surface area (Å²) in [6.07, 6.45) is 0.785. The minimum atomic E-state index is -3.45. The van der Waals surface area contributed by atoms with Crippen molar-refractivity contribution in [1.82, 2.24) is 9.62 Å². The lowest BCUT2D eigenvalue weighted by Gasteiger charge is -2.33. The normalized spacial score (nSPS) is 18.1. The molecule has 0 bridgehead atoms. The molecule has 1 aromatic rings. The maximum absolute atomic E-state index is 12.4. The van der Waals surface area contributed by atoms with Gasteiger partial charge in [-0.2, -0.15) is 0 Å². The molecule has 6 nitrogen and oxygen atoms in total. The van der Waals surface area contributed by atoms with Gasteiger partial charge in [0.15, 0.2) is 0 Å². The standard InChI is InChI=1S/C16H26N2O4S2/c1-12(2)11-22-13(3)16(19)18-8-6-14(7-9-18)17-24(20,21)15-5-4-10-23-15/h4-5,10,12-14,17H,6-9,11H2,1-3H3. The molecule has 1 amide bonds. The largest absolute Gasteiger partial charge is 0.368 e. The fraction of sp³-hybridized carbons (Fsp3) is 0.688. The van der Waals surface area contributed by atoms with Crippen LogP contribution in [0.25, 0.3) is 0 Å². The molecule has 8 heteroatoms. The number of ether oxygens (including phenoxy) is 1. The van der Waals surface area contributed by atoms with Crippen LogP contribution in [-0.4, -0.2) is 51.1 Å². The highest BCUT2D eigenvalue weighted by Gasteiger charge is 2.29. The van der Waals surface area contributed by atoms with Crippen LogP contribution in [0.2, 0.25) is 0 Å². The van der Waals surface area contributed by atoms with E-state index in [1.165, 1.54) is 11.3 Å². The van der Waals surface area contributed by atoms with Gasteiger partial charge in [-0.25, -0.2) is 13.1 Å². The van der Waals surface area contributed by atoms with Crippen molar-refractivity contribution in [3.8, 4) is 0 Å². The number of carbonyl (C=O) groups is 1. The first-order chi connectivity index (χ1) is 11.3. The third-order valence-electron chi connectivity index (χ3n) is 3.92. The molecule has 1 saturated heterocycles. The fourth-order valence-electron chi connectivity index (χ4n) is 2.58. The molecular weight excluding hydrogens is 348 g/mol. The number of hydrogen-bond donors (Lipinski definition) is 1. The number of nitrogens with zero attached hydrogens (tertiary/aromatic N) is 1. The van der Waals surface area contributed by atoms with Gasteiger partial charge in [-0.3, -0.25) is 4.79 Å². The molecule has 0 spiro atoms. The van der Waals surface area contributed by atoms with E-state index in [1.54, 1.807) is 29.3 Å². The highest BCUT2D eigenvalue weighted by Crippen LogP contribution is 2.19. The van der Waals surface area contributed by atoms with Crippen molar-refractivity contribution in [2.24, 2.45) is 5.92 Å². The van der Waals surface area contributed by atoms with Crippen molar-refractivity contribution in [1.29, 1.82) is 0 Å². The van der Waals surface area contributed by atoms with Gasteiger partial charge in [-0.05, 0) is 37.1 Å². The Morgan fingerprint density at radius 3 is 2.58 bits per heavy atom. The molecule has 2 rings (SSSR count). The highest BCUT2D eigenvalue weighted by molar-refractivity contribution is 7.91. The predicted molar refractivity (Wildman–Crippen MR) is 94.5 cm³/mol. The molecule has 1 aromatic heterocycles. The van der Waals surface area contributed by atoms with E-state index in [0.717, 1.165) is 0 Å². The second-order valence-corrected chi connectivity index (χ2v) is 9.41. The van der Waals surface area contributed by atoms with E-state index >= 15 is 0 Å². The lowest BCUT2D eigenvalue weighted by Crippen LogP contribution is -2.49. The van der Waals surface area contributed by atoms with Crippen LogP contribution in [0.3, 0.4) is 0 Å². The minimum Gasteiger partial charge on any atom is -0.368 e. The number of thiophene rings is 1. The monoisotopic (exact) mass is 374 g/mol. The first kappa shape index (κ1) is 19.4. The number of amides is 1. The first-order valence-corrected chi connectivity index (χ1v) is 10.6. The molecule has 2 heterocycles. The number of nitrogens with one attached hydrogen (secondary N) is 1. The smallest absolute Gasteiger partial charge is 0.251 e. The van der Waals surface area contributed by atoms with E-state index in [4.69, 9.17) is 4.74 Å². The van der Waals surface area contributed by atoms with Gasteiger partial charge in [0.1, 0.15) is 10.3 Å². The van der Waals surface area contributed by atoms with Crippen LogP contribution in [0, 0.1) is 5.92 Å². The Hall–Kier alpha value is -0.960. The Balaban J connectivity index is 1.82. The van der Waals surface area contributed by atoms with E-state index in [1.807, 2.05) is 13.8 Å². The van der Waals surface area contributed by atoms with Gasteiger partial charge < -0.3 is 9.64 Å². The lowest BCUT2D eigenvalue weighted by atomic mass is 10.1. The van der Waals surface area contributed by atoms with Gasteiger partial charge in [0.25, 0.3) is 5.91 Å². The molecule has 1 aliphatic heterocycles. The van der Waals surface area contributed by atoms with Crippen LogP contribution in [0.5, 0.6) is 0 Å². The summed E-state index contributed by atoms with van der Waals surface area (Å²) in [4.78, 5) is 14.1. The van der Waals surface area contributed by atoms with Crippen LogP contribution in [0.15, 0.2) is 21.7 Å². The van der Waals surface area contributed by atoms with Crippen LogP contribution in [0.1, 0.15) is 33.6 Å². The number of piperidine rings is 1. The number of rotatable bonds is 7. The summed E-state index contributed by atoms with van der Waals surface area (Å²) in [6, 6.07) is 3.19. The summed E-state index contributed by atoms with van der Waals surface area (Å²) in [5, 5.41) is 1.74.